The summed E-state index contributed by atoms with van der Waals surface area (Å²) in [5.41, 5.74) is 0.567. The quantitative estimate of drug-likeness (QED) is 0.847. The lowest BCUT2D eigenvalue weighted by atomic mass is 10.1. The molecule has 0 saturated heterocycles. The van der Waals surface area contributed by atoms with Crippen molar-refractivity contribution in [1.29, 1.82) is 0 Å². The molecule has 0 aliphatic carbocycles. The molecule has 0 amide bonds. The first-order valence-electron chi connectivity index (χ1n) is 4.26. The summed E-state index contributed by atoms with van der Waals surface area (Å²) in [6.07, 6.45) is 0.0963. The number of halogens is 1. The molecule has 0 fully saturated rings. The second kappa shape index (κ2) is 5.00. The van der Waals surface area contributed by atoms with E-state index in [2.05, 4.69) is 15.9 Å². The van der Waals surface area contributed by atoms with Crippen LogP contribution in [0.3, 0.4) is 0 Å². The third-order valence-electron chi connectivity index (χ3n) is 1.68. The molecular weight excluding hydrogens is 248 g/mol. The van der Waals surface area contributed by atoms with Crippen LogP contribution in [-0.4, -0.2) is 17.7 Å². The van der Waals surface area contributed by atoms with E-state index in [1.165, 1.54) is 0 Å². The molecule has 1 aromatic rings. The zero-order valence-electron chi connectivity index (χ0n) is 7.79. The first-order valence-corrected chi connectivity index (χ1v) is 5.05. The van der Waals surface area contributed by atoms with Gasteiger partial charge in [-0.05, 0) is 25.1 Å². The van der Waals surface area contributed by atoms with Gasteiger partial charge < -0.3 is 9.84 Å². The monoisotopic (exact) mass is 258 g/mol. The molecule has 0 heterocycles. The van der Waals surface area contributed by atoms with Crippen LogP contribution in [-0.2, 0) is 16.0 Å². The Morgan fingerprint density at radius 3 is 2.93 bits per heavy atom. The topological polar surface area (TPSA) is 46.5 Å². The Labute approximate surface area is 90.8 Å². The lowest BCUT2D eigenvalue weighted by Gasteiger charge is -2.04. The summed E-state index contributed by atoms with van der Waals surface area (Å²) in [6.45, 7) is 2.10. The Morgan fingerprint density at radius 2 is 2.29 bits per heavy atom. The predicted molar refractivity (Wildman–Crippen MR) is 56.1 cm³/mol. The van der Waals surface area contributed by atoms with Gasteiger partial charge in [-0.2, -0.15) is 0 Å². The van der Waals surface area contributed by atoms with Gasteiger partial charge in [0.15, 0.2) is 0 Å². The zero-order chi connectivity index (χ0) is 10.6. The van der Waals surface area contributed by atoms with Crippen molar-refractivity contribution in [2.24, 2.45) is 0 Å². The van der Waals surface area contributed by atoms with Gasteiger partial charge in [0.25, 0.3) is 0 Å². The minimum Gasteiger partial charge on any atom is -0.508 e. The second-order valence-corrected chi connectivity index (χ2v) is 3.67. The van der Waals surface area contributed by atoms with E-state index in [1.807, 2.05) is 0 Å². The normalized spacial score (nSPS) is 9.86. The molecule has 14 heavy (non-hydrogen) atoms. The summed E-state index contributed by atoms with van der Waals surface area (Å²) in [5.74, 6) is -0.220. The van der Waals surface area contributed by atoms with Crippen molar-refractivity contribution in [1.82, 2.24) is 0 Å². The number of ether oxygens (including phenoxy) is 1. The van der Waals surface area contributed by atoms with Crippen LogP contribution in [0.4, 0.5) is 0 Å². The third kappa shape index (κ3) is 3.03. The fourth-order valence-electron chi connectivity index (χ4n) is 1.06. The highest BCUT2D eigenvalue weighted by atomic mass is 79.9. The molecule has 1 N–H and O–H groups in total. The van der Waals surface area contributed by atoms with Crippen LogP contribution in [0.15, 0.2) is 22.7 Å². The summed E-state index contributed by atoms with van der Waals surface area (Å²) in [4.78, 5) is 11.1. The zero-order valence-corrected chi connectivity index (χ0v) is 9.37. The van der Waals surface area contributed by atoms with E-state index in [0.29, 0.717) is 12.2 Å². The number of esters is 1. The van der Waals surface area contributed by atoms with Gasteiger partial charge in [-0.1, -0.05) is 15.9 Å². The summed E-state index contributed by atoms with van der Waals surface area (Å²) in [5, 5.41) is 9.42. The molecule has 4 heteroatoms. The maximum atomic E-state index is 11.1. The molecule has 3 nitrogen and oxygen atoms in total. The first kappa shape index (κ1) is 11.0. The number of carbonyl (C=O) groups is 1. The van der Waals surface area contributed by atoms with Crippen molar-refractivity contribution in [2.45, 2.75) is 13.3 Å². The Morgan fingerprint density at radius 1 is 1.57 bits per heavy atom. The van der Waals surface area contributed by atoms with Crippen LogP contribution in [0.1, 0.15) is 12.5 Å². The first-order chi connectivity index (χ1) is 6.63. The molecule has 0 saturated carbocycles. The Balaban J connectivity index is 2.75. The highest BCUT2D eigenvalue weighted by Gasteiger charge is 2.08. The molecule has 0 spiro atoms. The van der Waals surface area contributed by atoms with Crippen LogP contribution in [0.2, 0.25) is 0 Å². The largest absolute Gasteiger partial charge is 0.508 e. The number of hydrogen-bond acceptors (Lipinski definition) is 3. The van der Waals surface area contributed by atoms with Gasteiger partial charge in [0, 0.05) is 10.0 Å². The molecule has 0 aliphatic rings. The van der Waals surface area contributed by atoms with E-state index < -0.39 is 0 Å². The van der Waals surface area contributed by atoms with Gasteiger partial charge in [0.05, 0.1) is 13.0 Å². The molecule has 1 aromatic carbocycles. The van der Waals surface area contributed by atoms with Gasteiger partial charge in [0.1, 0.15) is 5.75 Å². The highest BCUT2D eigenvalue weighted by Crippen LogP contribution is 2.22. The van der Waals surface area contributed by atoms with Crippen LogP contribution >= 0.6 is 15.9 Å². The molecule has 0 aromatic heterocycles. The van der Waals surface area contributed by atoms with E-state index in [0.717, 1.165) is 4.47 Å². The summed E-state index contributed by atoms with van der Waals surface area (Å²) in [7, 11) is 0. The SMILES string of the molecule is CCOC(=O)Cc1cc(Br)ccc1O. The maximum absolute atomic E-state index is 11.1. The van der Waals surface area contributed by atoms with Gasteiger partial charge in [0.2, 0.25) is 0 Å². The molecule has 0 bridgehead atoms. The average molecular weight is 259 g/mol. The van der Waals surface area contributed by atoms with E-state index in [9.17, 15) is 9.90 Å². The third-order valence-corrected chi connectivity index (χ3v) is 2.17. The molecule has 76 valence electrons. The Hall–Kier alpha value is -1.03. The van der Waals surface area contributed by atoms with Crippen LogP contribution in [0.5, 0.6) is 5.75 Å². The van der Waals surface area contributed by atoms with Gasteiger partial charge in [-0.15, -0.1) is 0 Å². The van der Waals surface area contributed by atoms with Gasteiger partial charge >= 0.3 is 5.97 Å². The molecule has 0 aliphatic heterocycles. The van der Waals surface area contributed by atoms with Crippen molar-refractivity contribution in [3.63, 3.8) is 0 Å². The number of rotatable bonds is 3. The van der Waals surface area contributed by atoms with Gasteiger partial charge in [-0.3, -0.25) is 4.79 Å². The van der Waals surface area contributed by atoms with Crippen LogP contribution < -0.4 is 0 Å². The predicted octanol–water partition coefficient (Wildman–Crippen LogP) is 2.26. The molecule has 0 radical (unpaired) electrons. The maximum Gasteiger partial charge on any atom is 0.310 e. The number of carbonyl (C=O) groups excluding carboxylic acids is 1. The smallest absolute Gasteiger partial charge is 0.310 e. The van der Waals surface area contributed by atoms with E-state index in [1.54, 1.807) is 25.1 Å². The lowest BCUT2D eigenvalue weighted by Crippen LogP contribution is -2.07. The van der Waals surface area contributed by atoms with E-state index >= 15 is 0 Å². The molecule has 0 atom stereocenters. The lowest BCUT2D eigenvalue weighted by molar-refractivity contribution is -0.142. The van der Waals surface area contributed by atoms with Crippen molar-refractivity contribution >= 4 is 21.9 Å². The molecular formula is C10H11BrO3. The fraction of sp³-hybridized carbons (Fsp3) is 0.300. The minimum atomic E-state index is -0.332. The number of benzene rings is 1. The highest BCUT2D eigenvalue weighted by molar-refractivity contribution is 9.10. The van der Waals surface area contributed by atoms with Crippen molar-refractivity contribution in [3.8, 4) is 5.75 Å². The summed E-state index contributed by atoms with van der Waals surface area (Å²) >= 11 is 3.26. The van der Waals surface area contributed by atoms with Crippen molar-refractivity contribution in [2.75, 3.05) is 6.61 Å². The number of hydrogen-bond donors (Lipinski definition) is 1. The second-order valence-electron chi connectivity index (χ2n) is 2.75. The standard InChI is InChI=1S/C10H11BrO3/c1-2-14-10(13)6-7-5-8(11)3-4-9(7)12/h3-5,12H,2,6H2,1H3. The minimum absolute atomic E-state index is 0.0963. The Bertz CT molecular complexity index is 336. The summed E-state index contributed by atoms with van der Waals surface area (Å²) in [6, 6.07) is 4.95. The number of aromatic hydroxyl groups is 1. The van der Waals surface area contributed by atoms with E-state index in [-0.39, 0.29) is 18.1 Å². The number of phenols is 1. The van der Waals surface area contributed by atoms with E-state index in [4.69, 9.17) is 4.74 Å². The van der Waals surface area contributed by atoms with Crippen molar-refractivity contribution < 1.29 is 14.6 Å². The average Bonchev–Trinajstić information content (AvgIpc) is 2.12. The summed E-state index contributed by atoms with van der Waals surface area (Å²) < 4.78 is 5.60. The van der Waals surface area contributed by atoms with Crippen LogP contribution in [0, 0.1) is 0 Å². The molecule has 1 rings (SSSR count). The fourth-order valence-corrected chi connectivity index (χ4v) is 1.47. The number of phenolic OH excluding ortho intramolecular Hbond substituents is 1. The van der Waals surface area contributed by atoms with Crippen LogP contribution in [0.25, 0.3) is 0 Å². The molecule has 0 unspecified atom stereocenters. The Kier molecular flexibility index (Phi) is 3.95. The van der Waals surface area contributed by atoms with Gasteiger partial charge in [-0.25, -0.2) is 0 Å². The van der Waals surface area contributed by atoms with Crippen molar-refractivity contribution in [3.05, 3.63) is 28.2 Å².